The van der Waals surface area contributed by atoms with Crippen molar-refractivity contribution in [3.8, 4) is 0 Å². The summed E-state index contributed by atoms with van der Waals surface area (Å²) in [6.45, 7) is 4.42. The first kappa shape index (κ1) is 19.2. The van der Waals surface area contributed by atoms with Crippen molar-refractivity contribution < 1.29 is 9.21 Å². The summed E-state index contributed by atoms with van der Waals surface area (Å²) in [4.78, 5) is 12.5. The van der Waals surface area contributed by atoms with Gasteiger partial charge in [-0.15, -0.1) is 0 Å². The van der Waals surface area contributed by atoms with Gasteiger partial charge in [0, 0.05) is 29.2 Å². The van der Waals surface area contributed by atoms with Crippen LogP contribution in [0.3, 0.4) is 0 Å². The first-order valence-corrected chi connectivity index (χ1v) is 11.2. The summed E-state index contributed by atoms with van der Waals surface area (Å²) in [5.41, 5.74) is 6.99. The zero-order valence-electron chi connectivity index (χ0n) is 17.8. The molecule has 1 aromatic heterocycles. The monoisotopic (exact) mass is 402 g/mol. The van der Waals surface area contributed by atoms with Crippen LogP contribution in [0.1, 0.15) is 62.1 Å². The SMILES string of the molecule is CC(C)c1ccc(Nc2ccc3occ4c3c2CC(CC(=O)NC2CCC2)C4)cc1. The highest BCUT2D eigenvalue weighted by Gasteiger charge is 2.28. The lowest BCUT2D eigenvalue weighted by molar-refractivity contribution is -0.123. The molecule has 3 aromatic rings. The van der Waals surface area contributed by atoms with Gasteiger partial charge in [-0.3, -0.25) is 4.79 Å². The van der Waals surface area contributed by atoms with Crippen LogP contribution in [0.4, 0.5) is 11.4 Å². The van der Waals surface area contributed by atoms with Crippen LogP contribution in [0.25, 0.3) is 11.0 Å². The standard InChI is InChI=1S/C26H30N2O2/c1-16(2)18-6-8-21(9-7-18)27-23-10-11-24-26-19(15-30-24)12-17(13-22(23)26)14-25(29)28-20-4-3-5-20/h6-11,15-17,20,27H,3-5,12-14H2,1-2H3,(H,28,29). The van der Waals surface area contributed by atoms with Crippen molar-refractivity contribution in [2.24, 2.45) is 5.92 Å². The summed E-state index contributed by atoms with van der Waals surface area (Å²) < 4.78 is 5.82. The van der Waals surface area contributed by atoms with Crippen molar-refractivity contribution in [2.45, 2.75) is 64.3 Å². The summed E-state index contributed by atoms with van der Waals surface area (Å²) in [5, 5.41) is 8.04. The largest absolute Gasteiger partial charge is 0.464 e. The fourth-order valence-electron chi connectivity index (χ4n) is 4.77. The lowest BCUT2D eigenvalue weighted by Gasteiger charge is -2.28. The van der Waals surface area contributed by atoms with Crippen molar-refractivity contribution in [2.75, 3.05) is 5.32 Å². The van der Waals surface area contributed by atoms with E-state index in [2.05, 4.69) is 60.9 Å². The van der Waals surface area contributed by atoms with Gasteiger partial charge in [0.25, 0.3) is 0 Å². The lowest BCUT2D eigenvalue weighted by Crippen LogP contribution is -2.40. The molecule has 2 aliphatic carbocycles. The number of amides is 1. The van der Waals surface area contributed by atoms with Crippen molar-refractivity contribution in [1.29, 1.82) is 0 Å². The molecular formula is C26H30N2O2. The third-order valence-electron chi connectivity index (χ3n) is 6.73. The number of furan rings is 1. The third-order valence-corrected chi connectivity index (χ3v) is 6.73. The van der Waals surface area contributed by atoms with Gasteiger partial charge in [-0.05, 0) is 84.9 Å². The molecule has 2 N–H and O–H groups in total. The zero-order chi connectivity index (χ0) is 20.7. The predicted molar refractivity (Wildman–Crippen MR) is 121 cm³/mol. The normalized spacial score (nSPS) is 18.4. The molecule has 4 heteroatoms. The first-order chi connectivity index (χ1) is 14.6. The molecule has 2 aromatic carbocycles. The highest BCUT2D eigenvalue weighted by molar-refractivity contribution is 5.91. The number of rotatable bonds is 6. The Kier molecular flexibility index (Phi) is 5.01. The minimum atomic E-state index is 0.197. The molecule has 5 rings (SSSR count). The molecule has 0 radical (unpaired) electrons. The van der Waals surface area contributed by atoms with E-state index in [9.17, 15) is 4.79 Å². The van der Waals surface area contributed by atoms with Crippen LogP contribution >= 0.6 is 0 Å². The second kappa shape index (κ2) is 7.82. The summed E-state index contributed by atoms with van der Waals surface area (Å²) in [7, 11) is 0. The quantitative estimate of drug-likeness (QED) is 0.526. The Hall–Kier alpha value is -2.75. The van der Waals surface area contributed by atoms with Crippen LogP contribution in [0.2, 0.25) is 0 Å². The minimum Gasteiger partial charge on any atom is -0.464 e. The fraction of sp³-hybridized carbons (Fsp3) is 0.423. The minimum absolute atomic E-state index is 0.197. The zero-order valence-corrected chi connectivity index (χ0v) is 17.8. The van der Waals surface area contributed by atoms with Gasteiger partial charge in [0.15, 0.2) is 0 Å². The Labute approximate surface area is 178 Å². The fourth-order valence-corrected chi connectivity index (χ4v) is 4.77. The van der Waals surface area contributed by atoms with E-state index in [1.54, 1.807) is 0 Å². The second-order valence-corrected chi connectivity index (χ2v) is 9.30. The summed E-state index contributed by atoms with van der Waals surface area (Å²) in [6, 6.07) is 13.2. The maximum absolute atomic E-state index is 12.5. The number of hydrogen-bond donors (Lipinski definition) is 2. The topological polar surface area (TPSA) is 54.3 Å². The molecule has 1 amide bonds. The number of carbonyl (C=O) groups excluding carboxylic acids is 1. The predicted octanol–water partition coefficient (Wildman–Crippen LogP) is 6.07. The molecule has 1 saturated carbocycles. The van der Waals surface area contributed by atoms with Crippen LogP contribution in [0.15, 0.2) is 47.1 Å². The van der Waals surface area contributed by atoms with Crippen molar-refractivity contribution in [1.82, 2.24) is 5.32 Å². The van der Waals surface area contributed by atoms with E-state index in [0.29, 0.717) is 24.3 Å². The number of nitrogens with one attached hydrogen (secondary N) is 2. The molecule has 0 aliphatic heterocycles. The van der Waals surface area contributed by atoms with Gasteiger partial charge >= 0.3 is 0 Å². The average Bonchev–Trinajstić information content (AvgIpc) is 3.11. The molecule has 0 bridgehead atoms. The maximum Gasteiger partial charge on any atom is 0.220 e. The van der Waals surface area contributed by atoms with Crippen molar-refractivity contribution in [3.63, 3.8) is 0 Å². The van der Waals surface area contributed by atoms with E-state index >= 15 is 0 Å². The molecule has 1 fully saturated rings. The van der Waals surface area contributed by atoms with Gasteiger partial charge in [0.1, 0.15) is 5.58 Å². The maximum atomic E-state index is 12.5. The molecule has 156 valence electrons. The Morgan fingerprint density at radius 2 is 1.90 bits per heavy atom. The lowest BCUT2D eigenvalue weighted by atomic mass is 9.81. The molecule has 30 heavy (non-hydrogen) atoms. The summed E-state index contributed by atoms with van der Waals surface area (Å²) >= 11 is 0. The average molecular weight is 403 g/mol. The van der Waals surface area contributed by atoms with Crippen molar-refractivity contribution >= 4 is 28.3 Å². The summed E-state index contributed by atoms with van der Waals surface area (Å²) in [5.74, 6) is 1.03. The van der Waals surface area contributed by atoms with Crippen LogP contribution in [-0.4, -0.2) is 11.9 Å². The van der Waals surface area contributed by atoms with E-state index in [0.717, 1.165) is 42.6 Å². The number of carbonyl (C=O) groups is 1. The van der Waals surface area contributed by atoms with E-state index < -0.39 is 0 Å². The molecule has 4 nitrogen and oxygen atoms in total. The third kappa shape index (κ3) is 3.71. The summed E-state index contributed by atoms with van der Waals surface area (Å²) in [6.07, 6.45) is 7.77. The van der Waals surface area contributed by atoms with Gasteiger partial charge in [-0.1, -0.05) is 26.0 Å². The molecule has 0 spiro atoms. The van der Waals surface area contributed by atoms with Crippen LogP contribution in [0, 0.1) is 5.92 Å². The Morgan fingerprint density at radius 3 is 2.60 bits per heavy atom. The first-order valence-electron chi connectivity index (χ1n) is 11.2. The molecule has 1 atom stereocenters. The van der Waals surface area contributed by atoms with Crippen molar-refractivity contribution in [3.05, 3.63) is 59.4 Å². The smallest absolute Gasteiger partial charge is 0.220 e. The van der Waals surface area contributed by atoms with E-state index in [4.69, 9.17) is 4.42 Å². The highest BCUT2D eigenvalue weighted by atomic mass is 16.3. The number of hydrogen-bond acceptors (Lipinski definition) is 3. The van der Waals surface area contributed by atoms with E-state index in [-0.39, 0.29) is 5.91 Å². The highest BCUT2D eigenvalue weighted by Crippen LogP contribution is 2.39. The second-order valence-electron chi connectivity index (χ2n) is 9.30. The van der Waals surface area contributed by atoms with Gasteiger partial charge < -0.3 is 15.1 Å². The Bertz CT molecular complexity index is 1060. The van der Waals surface area contributed by atoms with Crippen LogP contribution in [0.5, 0.6) is 0 Å². The van der Waals surface area contributed by atoms with Gasteiger partial charge in [0.2, 0.25) is 5.91 Å². The molecule has 2 aliphatic rings. The molecule has 1 heterocycles. The van der Waals surface area contributed by atoms with Gasteiger partial charge in [0.05, 0.1) is 6.26 Å². The molecular weight excluding hydrogens is 372 g/mol. The number of anilines is 2. The molecule has 1 unspecified atom stereocenters. The van der Waals surface area contributed by atoms with E-state index in [1.807, 2.05) is 6.26 Å². The molecule has 0 saturated heterocycles. The van der Waals surface area contributed by atoms with Gasteiger partial charge in [-0.25, -0.2) is 0 Å². The van der Waals surface area contributed by atoms with Crippen LogP contribution < -0.4 is 10.6 Å². The Morgan fingerprint density at radius 1 is 1.10 bits per heavy atom. The Balaban J connectivity index is 1.38. The van der Waals surface area contributed by atoms with E-state index in [1.165, 1.54) is 28.5 Å². The van der Waals surface area contributed by atoms with Crippen LogP contribution in [-0.2, 0) is 17.6 Å². The van der Waals surface area contributed by atoms with Gasteiger partial charge in [-0.2, -0.15) is 0 Å². The number of benzene rings is 2.